The standard InChI is InChI=1S/C20H30ClN5.HI/c1-6-22-20(26(5)15-19-11-18(21)14-25(19)4)23-12-16-7-9-17(10-8-16)13-24(2)3;/h7-11,14H,6,12-13,15H2,1-5H3,(H,22,23);1H. The molecule has 0 spiro atoms. The molecule has 0 atom stereocenters. The lowest BCUT2D eigenvalue weighted by atomic mass is 10.1. The molecule has 0 unspecified atom stereocenters. The molecule has 0 aliphatic rings. The highest BCUT2D eigenvalue weighted by atomic mass is 127. The van der Waals surface area contributed by atoms with Crippen LogP contribution in [0.3, 0.4) is 0 Å². The number of nitrogens with zero attached hydrogens (tertiary/aromatic N) is 4. The lowest BCUT2D eigenvalue weighted by molar-refractivity contribution is 0.402. The van der Waals surface area contributed by atoms with Gasteiger partial charge < -0.3 is 19.7 Å². The van der Waals surface area contributed by atoms with Crippen molar-refractivity contribution in [2.75, 3.05) is 27.7 Å². The summed E-state index contributed by atoms with van der Waals surface area (Å²) < 4.78 is 2.05. The van der Waals surface area contributed by atoms with Gasteiger partial charge in [-0.05, 0) is 38.2 Å². The largest absolute Gasteiger partial charge is 0.357 e. The Kier molecular flexibility index (Phi) is 10.2. The first-order valence-electron chi connectivity index (χ1n) is 8.91. The maximum Gasteiger partial charge on any atom is 0.194 e. The van der Waals surface area contributed by atoms with Crippen molar-refractivity contribution < 1.29 is 0 Å². The highest BCUT2D eigenvalue weighted by molar-refractivity contribution is 14.0. The van der Waals surface area contributed by atoms with E-state index in [0.29, 0.717) is 6.54 Å². The zero-order valence-corrected chi connectivity index (χ0v) is 20.0. The summed E-state index contributed by atoms with van der Waals surface area (Å²) in [5.41, 5.74) is 3.67. The fraction of sp³-hybridized carbons (Fsp3) is 0.450. The number of aromatic nitrogens is 1. The molecule has 1 heterocycles. The third kappa shape index (κ3) is 7.71. The smallest absolute Gasteiger partial charge is 0.194 e. The first-order chi connectivity index (χ1) is 12.4. The van der Waals surface area contributed by atoms with E-state index >= 15 is 0 Å². The van der Waals surface area contributed by atoms with E-state index in [1.807, 2.05) is 30.9 Å². The van der Waals surface area contributed by atoms with Gasteiger partial charge in [0.1, 0.15) is 0 Å². The SMILES string of the molecule is CCNC(=NCc1ccc(CN(C)C)cc1)N(C)Cc1cc(Cl)cn1C.I. The van der Waals surface area contributed by atoms with Gasteiger partial charge in [0.2, 0.25) is 0 Å². The minimum Gasteiger partial charge on any atom is -0.357 e. The first-order valence-corrected chi connectivity index (χ1v) is 9.29. The molecular weight excluding hydrogens is 473 g/mol. The minimum absolute atomic E-state index is 0. The maximum absolute atomic E-state index is 6.09. The van der Waals surface area contributed by atoms with Crippen molar-refractivity contribution in [3.63, 3.8) is 0 Å². The van der Waals surface area contributed by atoms with Crippen LogP contribution in [0.5, 0.6) is 0 Å². The zero-order valence-electron chi connectivity index (χ0n) is 16.9. The summed E-state index contributed by atoms with van der Waals surface area (Å²) in [7, 11) is 8.21. The number of aliphatic imine (C=N–C) groups is 1. The molecule has 0 saturated heterocycles. The summed E-state index contributed by atoms with van der Waals surface area (Å²) in [6, 6.07) is 10.7. The number of guanidine groups is 1. The summed E-state index contributed by atoms with van der Waals surface area (Å²) in [4.78, 5) is 9.07. The molecule has 2 rings (SSSR count). The monoisotopic (exact) mass is 503 g/mol. The average molecular weight is 504 g/mol. The molecule has 0 aliphatic carbocycles. The van der Waals surface area contributed by atoms with Crippen molar-refractivity contribution in [3.05, 3.63) is 58.4 Å². The molecule has 1 aromatic heterocycles. The second-order valence-corrected chi connectivity index (χ2v) is 7.28. The van der Waals surface area contributed by atoms with Crippen molar-refractivity contribution in [1.82, 2.24) is 19.7 Å². The van der Waals surface area contributed by atoms with Crippen molar-refractivity contribution in [2.24, 2.45) is 12.0 Å². The van der Waals surface area contributed by atoms with Crippen LogP contribution in [0, 0.1) is 0 Å². The first kappa shape index (κ1) is 23.8. The van der Waals surface area contributed by atoms with Gasteiger partial charge in [0.05, 0.1) is 18.1 Å². The van der Waals surface area contributed by atoms with E-state index in [4.69, 9.17) is 16.6 Å². The predicted molar refractivity (Wildman–Crippen MR) is 126 cm³/mol. The van der Waals surface area contributed by atoms with Crippen LogP contribution in [0.2, 0.25) is 5.02 Å². The van der Waals surface area contributed by atoms with E-state index in [1.54, 1.807) is 0 Å². The molecule has 0 radical (unpaired) electrons. The van der Waals surface area contributed by atoms with Crippen LogP contribution in [0.1, 0.15) is 23.7 Å². The number of halogens is 2. The Morgan fingerprint density at radius 2 is 1.74 bits per heavy atom. The summed E-state index contributed by atoms with van der Waals surface area (Å²) >= 11 is 6.09. The van der Waals surface area contributed by atoms with Crippen LogP contribution in [-0.2, 0) is 26.7 Å². The normalized spacial score (nSPS) is 11.4. The van der Waals surface area contributed by atoms with Gasteiger partial charge in [0.25, 0.3) is 0 Å². The van der Waals surface area contributed by atoms with Gasteiger partial charge in [-0.15, -0.1) is 24.0 Å². The van der Waals surface area contributed by atoms with E-state index in [0.717, 1.165) is 36.3 Å². The third-order valence-corrected chi connectivity index (χ3v) is 4.31. The molecule has 0 saturated carbocycles. The van der Waals surface area contributed by atoms with E-state index in [9.17, 15) is 0 Å². The molecule has 27 heavy (non-hydrogen) atoms. The van der Waals surface area contributed by atoms with Gasteiger partial charge in [-0.3, -0.25) is 0 Å². The molecule has 2 aromatic rings. The van der Waals surface area contributed by atoms with Crippen molar-refractivity contribution in [2.45, 2.75) is 26.6 Å². The highest BCUT2D eigenvalue weighted by Crippen LogP contribution is 2.14. The van der Waals surface area contributed by atoms with Crippen LogP contribution in [0.4, 0.5) is 0 Å². The molecule has 1 N–H and O–H groups in total. The number of benzene rings is 1. The Labute approximate surface area is 185 Å². The molecule has 0 amide bonds. The lowest BCUT2D eigenvalue weighted by Gasteiger charge is -2.22. The number of aryl methyl sites for hydroxylation is 1. The van der Waals surface area contributed by atoms with E-state index in [1.165, 1.54) is 11.1 Å². The van der Waals surface area contributed by atoms with Crippen LogP contribution in [0.25, 0.3) is 0 Å². The molecule has 7 heteroatoms. The van der Waals surface area contributed by atoms with Gasteiger partial charge >= 0.3 is 0 Å². The summed E-state index contributed by atoms with van der Waals surface area (Å²) in [5.74, 6) is 0.891. The molecular formula is C20H31ClIN5. The lowest BCUT2D eigenvalue weighted by Crippen LogP contribution is -2.38. The zero-order chi connectivity index (χ0) is 19.1. The molecule has 150 valence electrons. The van der Waals surface area contributed by atoms with E-state index in [-0.39, 0.29) is 24.0 Å². The van der Waals surface area contributed by atoms with Gasteiger partial charge in [0.15, 0.2) is 5.96 Å². The molecule has 5 nitrogen and oxygen atoms in total. The molecule has 1 aromatic carbocycles. The molecule has 0 bridgehead atoms. The van der Waals surface area contributed by atoms with Gasteiger partial charge in [-0.2, -0.15) is 0 Å². The Morgan fingerprint density at radius 3 is 2.26 bits per heavy atom. The Morgan fingerprint density at radius 1 is 1.11 bits per heavy atom. The van der Waals surface area contributed by atoms with E-state index < -0.39 is 0 Å². The van der Waals surface area contributed by atoms with Gasteiger partial charge in [-0.1, -0.05) is 35.9 Å². The second kappa shape index (κ2) is 11.6. The van der Waals surface area contributed by atoms with Crippen molar-refractivity contribution in [3.8, 4) is 0 Å². The summed E-state index contributed by atoms with van der Waals surface area (Å²) in [6.07, 6.45) is 1.92. The number of hydrogen-bond acceptors (Lipinski definition) is 2. The van der Waals surface area contributed by atoms with Crippen LogP contribution >= 0.6 is 35.6 Å². The predicted octanol–water partition coefficient (Wildman–Crippen LogP) is 3.96. The number of rotatable bonds is 7. The second-order valence-electron chi connectivity index (χ2n) is 6.84. The quantitative estimate of drug-likeness (QED) is 0.353. The van der Waals surface area contributed by atoms with E-state index in [2.05, 4.69) is 60.4 Å². The van der Waals surface area contributed by atoms with Crippen molar-refractivity contribution in [1.29, 1.82) is 0 Å². The van der Waals surface area contributed by atoms with Gasteiger partial charge in [0, 0.05) is 39.1 Å². The Bertz CT molecular complexity index is 724. The minimum atomic E-state index is 0. The third-order valence-electron chi connectivity index (χ3n) is 4.10. The van der Waals surface area contributed by atoms with Crippen molar-refractivity contribution >= 4 is 41.5 Å². The highest BCUT2D eigenvalue weighted by Gasteiger charge is 2.09. The van der Waals surface area contributed by atoms with Crippen LogP contribution < -0.4 is 5.32 Å². The molecule has 0 aliphatic heterocycles. The number of hydrogen-bond donors (Lipinski definition) is 1. The van der Waals surface area contributed by atoms with Gasteiger partial charge in [-0.25, -0.2) is 4.99 Å². The van der Waals surface area contributed by atoms with Crippen LogP contribution in [-0.4, -0.2) is 48.0 Å². The molecule has 0 fully saturated rings. The number of nitrogens with one attached hydrogen (secondary N) is 1. The summed E-state index contributed by atoms with van der Waals surface area (Å²) in [5, 5.41) is 4.12. The Hall–Kier alpha value is -1.25. The fourth-order valence-corrected chi connectivity index (χ4v) is 3.06. The summed E-state index contributed by atoms with van der Waals surface area (Å²) in [6.45, 7) is 5.27. The Balaban J connectivity index is 0.00000364. The average Bonchev–Trinajstić information content (AvgIpc) is 2.89. The fourth-order valence-electron chi connectivity index (χ4n) is 2.79. The maximum atomic E-state index is 6.09. The topological polar surface area (TPSA) is 35.8 Å². The van der Waals surface area contributed by atoms with Crippen LogP contribution in [0.15, 0.2) is 41.5 Å².